The monoisotopic (exact) mass is 458 g/mol. The van der Waals surface area contributed by atoms with Gasteiger partial charge in [0.05, 0.1) is 35.9 Å². The molecule has 1 N–H and O–H groups in total. The Hall–Kier alpha value is -3.21. The fourth-order valence-corrected chi connectivity index (χ4v) is 3.57. The van der Waals surface area contributed by atoms with Crippen molar-refractivity contribution in [1.29, 1.82) is 0 Å². The van der Waals surface area contributed by atoms with E-state index in [1.165, 1.54) is 10.7 Å². The van der Waals surface area contributed by atoms with Crippen LogP contribution in [-0.2, 0) is 11.3 Å². The molecule has 0 amide bonds. The van der Waals surface area contributed by atoms with Crippen molar-refractivity contribution in [3.63, 3.8) is 0 Å². The molecule has 0 bridgehead atoms. The summed E-state index contributed by atoms with van der Waals surface area (Å²) < 4.78 is 12.6. The number of benzene rings is 2. The van der Waals surface area contributed by atoms with Crippen LogP contribution in [0.1, 0.15) is 5.69 Å². The normalized spacial score (nSPS) is 14.3. The maximum atomic E-state index is 11.2. The summed E-state index contributed by atoms with van der Waals surface area (Å²) in [6, 6.07) is 11.9. The van der Waals surface area contributed by atoms with E-state index in [4.69, 9.17) is 21.1 Å². The lowest BCUT2D eigenvalue weighted by atomic mass is 10.2. The molecule has 3 aromatic rings. The maximum Gasteiger partial charge on any atom is 0.294 e. The number of rotatable bonds is 9. The topological polar surface area (TPSA) is 108 Å². The largest absolute Gasteiger partial charge is 0.491 e. The molecule has 2 heterocycles. The van der Waals surface area contributed by atoms with Crippen LogP contribution in [0.4, 0.5) is 11.4 Å². The number of nitrogens with one attached hydrogen (secondary N) is 1. The van der Waals surface area contributed by atoms with Gasteiger partial charge in [0.15, 0.2) is 0 Å². The van der Waals surface area contributed by atoms with Crippen molar-refractivity contribution in [3.05, 3.63) is 69.5 Å². The lowest BCUT2D eigenvalue weighted by molar-refractivity contribution is -0.384. The molecule has 0 unspecified atom stereocenters. The first-order valence-electron chi connectivity index (χ1n) is 10.2. The van der Waals surface area contributed by atoms with Crippen molar-refractivity contribution in [2.45, 2.75) is 6.54 Å². The highest BCUT2D eigenvalue weighted by Gasteiger charge is 2.16. The molecule has 1 aromatic heterocycles. The van der Waals surface area contributed by atoms with Gasteiger partial charge in [0.2, 0.25) is 0 Å². The Bertz CT molecular complexity index is 1070. The number of aromatic nitrogens is 3. The Labute approximate surface area is 189 Å². The summed E-state index contributed by atoms with van der Waals surface area (Å²) in [5.74, 6) is 0.632. The molecule has 4 rings (SSSR count). The molecule has 11 heteroatoms. The molecule has 1 aliphatic heterocycles. The molecule has 1 saturated heterocycles. The Kier molecular flexibility index (Phi) is 7.15. The van der Waals surface area contributed by atoms with Gasteiger partial charge in [-0.3, -0.25) is 15.0 Å². The van der Waals surface area contributed by atoms with E-state index in [2.05, 4.69) is 20.5 Å². The van der Waals surface area contributed by atoms with Crippen molar-refractivity contribution >= 4 is 23.0 Å². The maximum absolute atomic E-state index is 11.2. The molecule has 0 saturated carbocycles. The average Bonchev–Trinajstić information content (AvgIpc) is 3.28. The van der Waals surface area contributed by atoms with Gasteiger partial charge in [0.1, 0.15) is 23.7 Å². The van der Waals surface area contributed by atoms with Crippen LogP contribution in [0.3, 0.4) is 0 Å². The summed E-state index contributed by atoms with van der Waals surface area (Å²) in [6.45, 7) is 5.13. The molecule has 32 heavy (non-hydrogen) atoms. The van der Waals surface area contributed by atoms with Crippen LogP contribution in [-0.4, -0.2) is 64.3 Å². The van der Waals surface area contributed by atoms with E-state index in [9.17, 15) is 10.1 Å². The van der Waals surface area contributed by atoms with E-state index in [1.807, 2.05) is 12.1 Å². The molecule has 0 radical (unpaired) electrons. The molecule has 1 aliphatic rings. The standard InChI is InChI=1S/C21H23ClN6O4/c22-18-13-16(5-6-21(18)32-12-9-26-7-10-31-11-8-26)23-14-17-15-27(25-24-17)19-3-1-2-4-20(19)28(29)30/h1-6,13,15,23H,7-12,14H2. The molecule has 0 aliphatic carbocycles. The smallest absolute Gasteiger partial charge is 0.294 e. The number of hydrogen-bond acceptors (Lipinski definition) is 8. The van der Waals surface area contributed by atoms with E-state index in [-0.39, 0.29) is 5.69 Å². The summed E-state index contributed by atoms with van der Waals surface area (Å²) in [7, 11) is 0. The molecule has 0 atom stereocenters. The molecule has 0 spiro atoms. The predicted molar refractivity (Wildman–Crippen MR) is 120 cm³/mol. The number of para-hydroxylation sites is 2. The van der Waals surface area contributed by atoms with Gasteiger partial charge in [-0.05, 0) is 24.3 Å². The second kappa shape index (κ2) is 10.4. The van der Waals surface area contributed by atoms with Crippen LogP contribution < -0.4 is 10.1 Å². The Morgan fingerprint density at radius 2 is 2.03 bits per heavy atom. The van der Waals surface area contributed by atoms with Gasteiger partial charge in [0.25, 0.3) is 5.69 Å². The quantitative estimate of drug-likeness (QED) is 0.385. The first kappa shape index (κ1) is 22.0. The number of morpholine rings is 1. The van der Waals surface area contributed by atoms with Crippen molar-refractivity contribution in [1.82, 2.24) is 19.9 Å². The Balaban J connectivity index is 1.32. The van der Waals surface area contributed by atoms with Gasteiger partial charge in [-0.1, -0.05) is 28.9 Å². The van der Waals surface area contributed by atoms with Gasteiger partial charge in [-0.25, -0.2) is 4.68 Å². The summed E-state index contributed by atoms with van der Waals surface area (Å²) >= 11 is 6.37. The SMILES string of the molecule is O=[N+]([O-])c1ccccc1-n1cc(CNc2ccc(OCCN3CCOCC3)c(Cl)c2)nn1. The zero-order valence-electron chi connectivity index (χ0n) is 17.3. The van der Waals surface area contributed by atoms with Crippen LogP contribution in [0.2, 0.25) is 5.02 Å². The van der Waals surface area contributed by atoms with Crippen LogP contribution >= 0.6 is 11.6 Å². The molecule has 1 fully saturated rings. The second-order valence-corrected chi connectivity index (χ2v) is 7.61. The average molecular weight is 459 g/mol. The van der Waals surface area contributed by atoms with Crippen molar-refractivity contribution in [2.24, 2.45) is 0 Å². The molecular weight excluding hydrogens is 436 g/mol. The number of nitrogens with zero attached hydrogens (tertiary/aromatic N) is 5. The van der Waals surface area contributed by atoms with Gasteiger partial charge in [-0.15, -0.1) is 5.10 Å². The first-order valence-corrected chi connectivity index (χ1v) is 10.6. The van der Waals surface area contributed by atoms with Gasteiger partial charge >= 0.3 is 0 Å². The molecule has 168 valence electrons. The van der Waals surface area contributed by atoms with E-state index in [0.29, 0.717) is 35.3 Å². The van der Waals surface area contributed by atoms with Crippen molar-refractivity contribution < 1.29 is 14.4 Å². The number of anilines is 1. The number of nitro groups is 1. The molecule has 2 aromatic carbocycles. The number of nitro benzene ring substituents is 1. The molecular formula is C21H23ClN6O4. The lowest BCUT2D eigenvalue weighted by Gasteiger charge is -2.26. The summed E-state index contributed by atoms with van der Waals surface area (Å²) in [6.07, 6.45) is 1.65. The van der Waals surface area contributed by atoms with E-state index >= 15 is 0 Å². The van der Waals surface area contributed by atoms with Crippen LogP contribution in [0, 0.1) is 10.1 Å². The number of hydrogen-bond donors (Lipinski definition) is 1. The fraction of sp³-hybridized carbons (Fsp3) is 0.333. The minimum atomic E-state index is -0.443. The van der Waals surface area contributed by atoms with Gasteiger partial charge in [0, 0.05) is 31.4 Å². The summed E-state index contributed by atoms with van der Waals surface area (Å²) in [5, 5.41) is 23.1. The van der Waals surface area contributed by atoms with E-state index in [0.717, 1.165) is 38.5 Å². The summed E-state index contributed by atoms with van der Waals surface area (Å²) in [5.41, 5.74) is 1.76. The van der Waals surface area contributed by atoms with E-state index < -0.39 is 4.92 Å². The lowest BCUT2D eigenvalue weighted by Crippen LogP contribution is -2.38. The first-order chi connectivity index (χ1) is 15.6. The minimum Gasteiger partial charge on any atom is -0.491 e. The third-order valence-electron chi connectivity index (χ3n) is 5.04. The Morgan fingerprint density at radius 1 is 1.22 bits per heavy atom. The van der Waals surface area contributed by atoms with Crippen molar-refractivity contribution in [2.75, 3.05) is 44.8 Å². The summed E-state index contributed by atoms with van der Waals surface area (Å²) in [4.78, 5) is 13.1. The number of ether oxygens (including phenoxy) is 2. The molecule has 10 nitrogen and oxygen atoms in total. The third-order valence-corrected chi connectivity index (χ3v) is 5.34. The van der Waals surface area contributed by atoms with Crippen LogP contribution in [0.5, 0.6) is 5.75 Å². The van der Waals surface area contributed by atoms with Crippen molar-refractivity contribution in [3.8, 4) is 11.4 Å². The van der Waals surface area contributed by atoms with E-state index in [1.54, 1.807) is 30.5 Å². The zero-order chi connectivity index (χ0) is 22.3. The highest BCUT2D eigenvalue weighted by Crippen LogP contribution is 2.28. The van der Waals surface area contributed by atoms with Crippen LogP contribution in [0.25, 0.3) is 5.69 Å². The highest BCUT2D eigenvalue weighted by atomic mass is 35.5. The fourth-order valence-electron chi connectivity index (χ4n) is 3.34. The predicted octanol–water partition coefficient (Wildman–Crippen LogP) is 3.15. The van der Waals surface area contributed by atoms with Gasteiger partial charge in [-0.2, -0.15) is 0 Å². The van der Waals surface area contributed by atoms with Gasteiger partial charge < -0.3 is 14.8 Å². The minimum absolute atomic E-state index is 0.0344. The second-order valence-electron chi connectivity index (χ2n) is 7.20. The third kappa shape index (κ3) is 5.52. The van der Waals surface area contributed by atoms with Crippen LogP contribution in [0.15, 0.2) is 48.7 Å². The zero-order valence-corrected chi connectivity index (χ0v) is 18.1. The Morgan fingerprint density at radius 3 is 2.81 bits per heavy atom. The number of halogens is 1. The highest BCUT2D eigenvalue weighted by molar-refractivity contribution is 6.32.